The summed E-state index contributed by atoms with van der Waals surface area (Å²) in [5.74, 6) is 2.36. The number of alkyl halides is 8. The van der Waals surface area contributed by atoms with Gasteiger partial charge in [0.1, 0.15) is 36.1 Å². The minimum atomic E-state index is -5.08. The van der Waals surface area contributed by atoms with Gasteiger partial charge in [0.05, 0.1) is 62.8 Å². The number of nitrogens with one attached hydrogen (secondary N) is 4. The molecule has 1 aromatic heterocycles. The molecule has 3 heterocycles. The number of nitrogens with zero attached hydrogens (tertiary/aromatic N) is 6. The van der Waals surface area contributed by atoms with E-state index in [1.165, 1.54) is 25.5 Å². The number of nitrogens with two attached hydrogens (primary N) is 1. The van der Waals surface area contributed by atoms with Crippen LogP contribution in [0.4, 0.5) is 64.2 Å². The fraction of sp³-hybridized carbons (Fsp3) is 0.565. The molecule has 0 bridgehead atoms. The number of amides is 3. The standard InChI is InChI=1S/C31H43F7N6O8.C23H28N4O.C8H12F3NO3/c1-29(2,3)12-23(45)50-16-51-28(48)52-18(13-40-6)14-44(43-25(46)24(42-27(47)49-7)30(4,5)31(36,37)38)15-19-20(32)10-17(11-21(19)33)22(39)8-9-41-26(34)35;1-3-4-21-15-26(11-12-27(21)22-16-28-17-22)23-24-13-20(14-25-23)10-9-19-7-5-18(2)6-8-19;1-7(2,8(9,10)11)5(4-13)12-6(14)15-3/h8-11,18,24,26,40H,12-16,39H2,1-7H3,(H,42,47)(H,43,46);5-8,13-14,21-22H,3-4,11-12,15-17H2,1-2H3;4-5H,1-3H3,(H,12,14)/b22-8-,41-9+;;. The lowest BCUT2D eigenvalue weighted by Gasteiger charge is -2.47. The third-order valence-electron chi connectivity index (χ3n) is 14.6. The van der Waals surface area contributed by atoms with Crippen molar-refractivity contribution in [3.05, 3.63) is 94.3 Å². The van der Waals surface area contributed by atoms with Crippen molar-refractivity contribution in [1.29, 1.82) is 0 Å². The van der Waals surface area contributed by atoms with E-state index in [0.717, 1.165) is 96.2 Å². The number of piperazine rings is 1. The van der Waals surface area contributed by atoms with Crippen molar-refractivity contribution < 1.29 is 101 Å². The van der Waals surface area contributed by atoms with Gasteiger partial charge in [-0.2, -0.15) is 35.1 Å². The number of aromatic nitrogens is 2. The van der Waals surface area contributed by atoms with Crippen LogP contribution < -0.4 is 32.0 Å². The molecule has 528 valence electrons. The number of anilines is 1. The van der Waals surface area contributed by atoms with Crippen molar-refractivity contribution in [3.63, 3.8) is 0 Å². The maximum atomic E-state index is 15.3. The average molecular weight is 1360 g/mol. The molecular formula is C62H83F10N11O12. The SMILES string of the molecule is CCCC1CN(c2ncc(C#Cc3ccc(C)cc3)cn2)CCN1C1COC1.CNCC(CN(Cc1c(F)cc(/C(N)=C/C=N/C(F)F)cc1F)NC(=O)C(NC(=O)OC)C(C)(C)C(F)(F)F)OC(=O)OCOC(=O)CC(C)(C)C.COC(=O)NC(C=O)C(C)(C)C(F)(F)F. The van der Waals surface area contributed by atoms with Gasteiger partial charge in [-0.15, -0.1) is 0 Å². The van der Waals surface area contributed by atoms with Gasteiger partial charge in [-0.1, -0.05) is 63.7 Å². The number of alkyl carbamates (subject to hydrolysis) is 2. The molecule has 2 aliphatic heterocycles. The summed E-state index contributed by atoms with van der Waals surface area (Å²) >= 11 is 0. The zero-order chi connectivity index (χ0) is 71.6. The molecule has 95 heavy (non-hydrogen) atoms. The third-order valence-corrected chi connectivity index (χ3v) is 14.6. The number of aliphatic imine (C=N–C) groups is 1. The van der Waals surface area contributed by atoms with Crippen molar-refractivity contribution in [3.8, 4) is 11.8 Å². The highest BCUT2D eigenvalue weighted by Crippen LogP contribution is 2.41. The van der Waals surface area contributed by atoms with Gasteiger partial charge in [0.2, 0.25) is 12.7 Å². The molecule has 2 fully saturated rings. The first-order valence-electron chi connectivity index (χ1n) is 29.5. The highest BCUT2D eigenvalue weighted by Gasteiger charge is 2.56. The van der Waals surface area contributed by atoms with Crippen LogP contribution in [-0.2, 0) is 49.3 Å². The molecule has 2 aliphatic rings. The Morgan fingerprint density at radius 1 is 0.853 bits per heavy atom. The number of ether oxygens (including phenoxy) is 6. The maximum Gasteiger partial charge on any atom is 0.511 e. The fourth-order valence-electron chi connectivity index (χ4n) is 8.71. The molecule has 0 aliphatic carbocycles. The summed E-state index contributed by atoms with van der Waals surface area (Å²) in [6.45, 7) is 11.5. The lowest BCUT2D eigenvalue weighted by Crippen LogP contribution is -2.62. The van der Waals surface area contributed by atoms with Crippen molar-refractivity contribution in [2.75, 3.05) is 78.9 Å². The van der Waals surface area contributed by atoms with Gasteiger partial charge in [0.25, 0.3) is 5.91 Å². The van der Waals surface area contributed by atoms with Crippen LogP contribution in [0.25, 0.3) is 5.70 Å². The number of hydrogen-bond acceptors (Lipinski definition) is 20. The van der Waals surface area contributed by atoms with Gasteiger partial charge in [-0.05, 0) is 83.8 Å². The van der Waals surface area contributed by atoms with Gasteiger partial charge in [-0.3, -0.25) is 19.9 Å². The molecule has 0 saturated carbocycles. The van der Waals surface area contributed by atoms with Crippen LogP contribution >= 0.6 is 0 Å². The third kappa shape index (κ3) is 26.4. The predicted octanol–water partition coefficient (Wildman–Crippen LogP) is 8.75. The van der Waals surface area contributed by atoms with E-state index in [4.69, 9.17) is 24.7 Å². The molecule has 33 heteroatoms. The van der Waals surface area contributed by atoms with E-state index in [1.54, 1.807) is 26.1 Å². The Balaban J connectivity index is 0.000000448. The highest BCUT2D eigenvalue weighted by atomic mass is 19.4. The predicted molar refractivity (Wildman–Crippen MR) is 328 cm³/mol. The van der Waals surface area contributed by atoms with E-state index in [0.29, 0.717) is 37.2 Å². The number of carbonyl (C=O) groups is 6. The number of rotatable bonds is 24. The second-order valence-corrected chi connectivity index (χ2v) is 24.0. The van der Waals surface area contributed by atoms with Crippen molar-refractivity contribution in [2.45, 2.75) is 137 Å². The smallest absolute Gasteiger partial charge is 0.453 e. The van der Waals surface area contributed by atoms with Gasteiger partial charge in [-0.25, -0.2) is 43.1 Å². The topological polar surface area (TPSA) is 280 Å². The summed E-state index contributed by atoms with van der Waals surface area (Å²) in [5, 5.41) is 6.98. The molecule has 6 N–H and O–H groups in total. The van der Waals surface area contributed by atoms with Crippen LogP contribution in [0.3, 0.4) is 0 Å². The highest BCUT2D eigenvalue weighted by molar-refractivity contribution is 5.86. The summed E-state index contributed by atoms with van der Waals surface area (Å²) < 4.78 is 164. The van der Waals surface area contributed by atoms with Crippen molar-refractivity contribution in [1.82, 2.24) is 41.3 Å². The molecule has 4 unspecified atom stereocenters. The lowest BCUT2D eigenvalue weighted by atomic mass is 9.83. The number of hydrazine groups is 1. The van der Waals surface area contributed by atoms with E-state index >= 15 is 8.78 Å². The van der Waals surface area contributed by atoms with Gasteiger partial charge < -0.3 is 59.8 Å². The van der Waals surface area contributed by atoms with Crippen LogP contribution in [0.5, 0.6) is 0 Å². The van der Waals surface area contributed by atoms with Gasteiger partial charge in [0.15, 0.2) is 0 Å². The number of hydrogen-bond donors (Lipinski definition) is 5. The van der Waals surface area contributed by atoms with E-state index in [2.05, 4.69) is 82.8 Å². The number of aldehydes is 1. The molecule has 2 aromatic carbocycles. The van der Waals surface area contributed by atoms with Gasteiger partial charge >= 0.3 is 43.2 Å². The number of aryl methyl sites for hydroxylation is 1. The van der Waals surface area contributed by atoms with E-state index in [9.17, 15) is 63.9 Å². The lowest BCUT2D eigenvalue weighted by molar-refractivity contribution is -0.221. The maximum absolute atomic E-state index is 15.3. The fourth-order valence-corrected chi connectivity index (χ4v) is 8.71. The summed E-state index contributed by atoms with van der Waals surface area (Å²) in [6.07, 6.45) is -7.36. The van der Waals surface area contributed by atoms with Crippen LogP contribution in [-0.4, -0.2) is 186 Å². The normalized spacial score (nSPS) is 15.9. The number of methoxy groups -OCH3 is 2. The number of halogens is 10. The first-order valence-corrected chi connectivity index (χ1v) is 29.5. The first-order chi connectivity index (χ1) is 44.3. The Morgan fingerprint density at radius 3 is 1.94 bits per heavy atom. The monoisotopic (exact) mass is 1360 g/mol. The van der Waals surface area contributed by atoms with Crippen molar-refractivity contribution >= 4 is 54.4 Å². The number of carbonyl (C=O) groups excluding carboxylic acids is 6. The second-order valence-electron chi connectivity index (χ2n) is 24.0. The molecule has 4 atom stereocenters. The van der Waals surface area contributed by atoms with Gasteiger partial charge in [0, 0.05) is 79.8 Å². The summed E-state index contributed by atoms with van der Waals surface area (Å²) in [5.41, 5.74) is 3.73. The zero-order valence-corrected chi connectivity index (χ0v) is 54.7. The van der Waals surface area contributed by atoms with Crippen LogP contribution in [0, 0.1) is 46.6 Å². The largest absolute Gasteiger partial charge is 0.511 e. The zero-order valence-electron chi connectivity index (χ0n) is 54.7. The average Bonchev–Trinajstić information content (AvgIpc) is 0.809. The molecule has 0 radical (unpaired) electrons. The van der Waals surface area contributed by atoms with E-state index < -0.39 is 121 Å². The summed E-state index contributed by atoms with van der Waals surface area (Å²) in [7, 11) is 3.24. The number of esters is 1. The summed E-state index contributed by atoms with van der Waals surface area (Å²) in [4.78, 5) is 87.8. The minimum absolute atomic E-state index is 0.0106. The second kappa shape index (κ2) is 37.1. The Labute approximate surface area is 544 Å². The van der Waals surface area contributed by atoms with E-state index in [-0.39, 0.29) is 30.5 Å². The van der Waals surface area contributed by atoms with Crippen LogP contribution in [0.15, 0.2) is 59.9 Å². The van der Waals surface area contributed by atoms with Crippen LogP contribution in [0.1, 0.15) is 102 Å². The van der Waals surface area contributed by atoms with Crippen LogP contribution in [0.2, 0.25) is 0 Å². The molecule has 3 aromatic rings. The summed E-state index contributed by atoms with van der Waals surface area (Å²) in [6, 6.07) is 6.76. The molecule has 2 saturated heterocycles. The molecule has 3 amide bonds. The van der Waals surface area contributed by atoms with E-state index in [1.807, 2.05) is 29.8 Å². The molecule has 23 nitrogen and oxygen atoms in total. The molecule has 5 rings (SSSR count). The minimum Gasteiger partial charge on any atom is -0.453 e. The number of allylic oxidation sites excluding steroid dienone is 1. The Kier molecular flexibility index (Phi) is 31.6. The quantitative estimate of drug-likeness (QED) is 0.00645. The Bertz CT molecular complexity index is 3100. The Morgan fingerprint density at radius 2 is 1.43 bits per heavy atom. The van der Waals surface area contributed by atoms with Crippen molar-refractivity contribution in [2.24, 2.45) is 27.0 Å². The number of benzene rings is 2. The molecular weight excluding hydrogens is 1280 g/mol. The number of likely N-dealkylation sites (N-methyl/N-ethyl adjacent to an activating group) is 1. The Hall–Kier alpha value is -8.35. The first kappa shape index (κ1) is 80.9. The molecule has 0 spiro atoms.